The van der Waals surface area contributed by atoms with E-state index < -0.39 is 17.9 Å². The minimum Gasteiger partial charge on any atom is -0.456 e. The van der Waals surface area contributed by atoms with Crippen LogP contribution in [0.1, 0.15) is 32.1 Å². The molecule has 8 heteroatoms. The Morgan fingerprint density at radius 2 is 1.69 bits per heavy atom. The molecule has 0 saturated carbocycles. The number of urea groups is 1. The zero-order chi connectivity index (χ0) is 18.8. The molecule has 1 aliphatic rings. The second-order valence-electron chi connectivity index (χ2n) is 6.20. The van der Waals surface area contributed by atoms with Crippen LogP contribution in [0.2, 0.25) is 0 Å². The molecular weight excluding hydrogens is 336 g/mol. The molecule has 26 heavy (non-hydrogen) atoms. The summed E-state index contributed by atoms with van der Waals surface area (Å²) in [6, 6.07) is 6.96. The van der Waals surface area contributed by atoms with Crippen molar-refractivity contribution in [2.75, 3.05) is 36.5 Å². The van der Waals surface area contributed by atoms with E-state index in [1.165, 1.54) is 25.7 Å². The van der Waals surface area contributed by atoms with Gasteiger partial charge in [0, 0.05) is 31.0 Å². The van der Waals surface area contributed by atoms with Crippen LogP contribution < -0.4 is 21.3 Å². The summed E-state index contributed by atoms with van der Waals surface area (Å²) in [5, 5.41) is 4.96. The van der Waals surface area contributed by atoms with Crippen molar-refractivity contribution < 1.29 is 19.1 Å². The lowest BCUT2D eigenvalue weighted by molar-refractivity contribution is -0.147. The summed E-state index contributed by atoms with van der Waals surface area (Å²) in [5.41, 5.74) is 6.69. The van der Waals surface area contributed by atoms with Crippen LogP contribution in [0.25, 0.3) is 0 Å². The second kappa shape index (κ2) is 10.3. The molecule has 142 valence electrons. The predicted molar refractivity (Wildman–Crippen MR) is 98.9 cm³/mol. The van der Waals surface area contributed by atoms with Gasteiger partial charge in [0.2, 0.25) is 0 Å². The highest BCUT2D eigenvalue weighted by Gasteiger charge is 2.11. The summed E-state index contributed by atoms with van der Waals surface area (Å²) < 4.78 is 4.84. The Hall–Kier alpha value is -2.77. The molecule has 0 aromatic heterocycles. The van der Waals surface area contributed by atoms with Gasteiger partial charge in [-0.1, -0.05) is 12.8 Å². The number of hydrogen-bond donors (Lipinski definition) is 3. The monoisotopic (exact) mass is 362 g/mol. The smallest absolute Gasteiger partial charge is 0.312 e. The normalized spacial score (nSPS) is 14.2. The number of esters is 1. The summed E-state index contributed by atoms with van der Waals surface area (Å²) in [4.78, 5) is 36.1. The minimum atomic E-state index is -0.709. The SMILES string of the molecule is NC(=O)NCCC(=O)OCC(=O)Nc1ccc(N2CCCCCC2)cc1. The standard InChI is InChI=1S/C18H26N4O4/c19-18(25)20-10-9-17(24)26-13-16(23)21-14-5-7-15(8-6-14)22-11-3-1-2-4-12-22/h5-8H,1-4,9-13H2,(H,21,23)(H3,19,20,25). The molecule has 1 aromatic rings. The first kappa shape index (κ1) is 19.6. The molecule has 0 aliphatic carbocycles. The molecular formula is C18H26N4O4. The van der Waals surface area contributed by atoms with Crippen LogP contribution in [0.15, 0.2) is 24.3 Å². The first-order chi connectivity index (χ1) is 12.5. The van der Waals surface area contributed by atoms with E-state index in [2.05, 4.69) is 15.5 Å². The number of benzene rings is 1. The molecule has 1 aliphatic heterocycles. The van der Waals surface area contributed by atoms with Gasteiger partial charge in [0.05, 0.1) is 6.42 Å². The van der Waals surface area contributed by atoms with Gasteiger partial charge in [-0.2, -0.15) is 0 Å². The zero-order valence-corrected chi connectivity index (χ0v) is 14.8. The third-order valence-electron chi connectivity index (χ3n) is 4.11. The molecule has 1 saturated heterocycles. The van der Waals surface area contributed by atoms with Crippen LogP contribution in [0.4, 0.5) is 16.2 Å². The summed E-state index contributed by atoms with van der Waals surface area (Å²) in [6.45, 7) is 1.83. The molecule has 1 aromatic carbocycles. The molecule has 8 nitrogen and oxygen atoms in total. The Bertz CT molecular complexity index is 610. The van der Waals surface area contributed by atoms with Gasteiger partial charge in [-0.05, 0) is 37.1 Å². The molecule has 2 rings (SSSR count). The first-order valence-electron chi connectivity index (χ1n) is 8.88. The maximum Gasteiger partial charge on any atom is 0.312 e. The van der Waals surface area contributed by atoms with E-state index in [1.54, 1.807) is 0 Å². The molecule has 0 bridgehead atoms. The molecule has 0 unspecified atom stereocenters. The molecule has 0 atom stereocenters. The van der Waals surface area contributed by atoms with Crippen LogP contribution in [-0.4, -0.2) is 44.1 Å². The van der Waals surface area contributed by atoms with E-state index in [4.69, 9.17) is 10.5 Å². The maximum atomic E-state index is 11.8. The van der Waals surface area contributed by atoms with E-state index in [0.29, 0.717) is 5.69 Å². The van der Waals surface area contributed by atoms with Crippen molar-refractivity contribution in [1.82, 2.24) is 5.32 Å². The Morgan fingerprint density at radius 1 is 1.04 bits per heavy atom. The van der Waals surface area contributed by atoms with Crippen LogP contribution in [0, 0.1) is 0 Å². The number of nitrogens with one attached hydrogen (secondary N) is 2. The van der Waals surface area contributed by atoms with Crippen LogP contribution in [0.5, 0.6) is 0 Å². The number of rotatable bonds is 7. The van der Waals surface area contributed by atoms with Crippen LogP contribution >= 0.6 is 0 Å². The topological polar surface area (TPSA) is 114 Å². The Balaban J connectivity index is 1.73. The van der Waals surface area contributed by atoms with Gasteiger partial charge in [-0.25, -0.2) is 4.79 Å². The lowest BCUT2D eigenvalue weighted by Gasteiger charge is -2.22. The van der Waals surface area contributed by atoms with Gasteiger partial charge < -0.3 is 26.0 Å². The van der Waals surface area contributed by atoms with E-state index in [1.807, 2.05) is 24.3 Å². The highest BCUT2D eigenvalue weighted by Crippen LogP contribution is 2.21. The summed E-state index contributed by atoms with van der Waals surface area (Å²) in [6.07, 6.45) is 4.93. The molecule has 1 fully saturated rings. The fourth-order valence-corrected chi connectivity index (χ4v) is 2.79. The van der Waals surface area contributed by atoms with E-state index in [-0.39, 0.29) is 19.6 Å². The van der Waals surface area contributed by atoms with Gasteiger partial charge in [0.15, 0.2) is 6.61 Å². The third kappa shape index (κ3) is 7.00. The number of carbonyl (C=O) groups is 3. The number of nitrogens with two attached hydrogens (primary N) is 1. The predicted octanol–water partition coefficient (Wildman–Crippen LogP) is 1.61. The average Bonchev–Trinajstić information content (AvgIpc) is 2.90. The minimum absolute atomic E-state index is 0.0409. The van der Waals surface area contributed by atoms with E-state index in [0.717, 1.165) is 18.8 Å². The highest BCUT2D eigenvalue weighted by molar-refractivity contribution is 5.93. The maximum absolute atomic E-state index is 11.8. The van der Waals surface area contributed by atoms with E-state index >= 15 is 0 Å². The quantitative estimate of drug-likeness (QED) is 0.638. The fraction of sp³-hybridized carbons (Fsp3) is 0.500. The molecule has 3 amide bonds. The number of amides is 3. The molecule has 0 radical (unpaired) electrons. The van der Waals surface area contributed by atoms with Gasteiger partial charge in [-0.15, -0.1) is 0 Å². The third-order valence-corrected chi connectivity index (χ3v) is 4.11. The van der Waals surface area contributed by atoms with Crippen molar-refractivity contribution in [2.45, 2.75) is 32.1 Å². The number of carbonyl (C=O) groups excluding carboxylic acids is 3. The molecule has 4 N–H and O–H groups in total. The Morgan fingerprint density at radius 3 is 2.31 bits per heavy atom. The van der Waals surface area contributed by atoms with Crippen molar-refractivity contribution in [2.24, 2.45) is 5.73 Å². The van der Waals surface area contributed by atoms with Gasteiger partial charge >= 0.3 is 12.0 Å². The van der Waals surface area contributed by atoms with Crippen molar-refractivity contribution in [3.05, 3.63) is 24.3 Å². The highest BCUT2D eigenvalue weighted by atomic mass is 16.5. The van der Waals surface area contributed by atoms with Crippen molar-refractivity contribution in [3.8, 4) is 0 Å². The number of hydrogen-bond acceptors (Lipinski definition) is 5. The number of nitrogens with zero attached hydrogens (tertiary/aromatic N) is 1. The van der Waals surface area contributed by atoms with Crippen molar-refractivity contribution >= 4 is 29.3 Å². The zero-order valence-electron chi connectivity index (χ0n) is 14.8. The van der Waals surface area contributed by atoms with Crippen LogP contribution in [0.3, 0.4) is 0 Å². The van der Waals surface area contributed by atoms with Crippen molar-refractivity contribution in [1.29, 1.82) is 0 Å². The van der Waals surface area contributed by atoms with Gasteiger partial charge in [0.25, 0.3) is 5.91 Å². The van der Waals surface area contributed by atoms with E-state index in [9.17, 15) is 14.4 Å². The summed E-state index contributed by atoms with van der Waals surface area (Å²) >= 11 is 0. The number of anilines is 2. The summed E-state index contributed by atoms with van der Waals surface area (Å²) in [5.74, 6) is -0.992. The largest absolute Gasteiger partial charge is 0.456 e. The Labute approximate surface area is 153 Å². The summed E-state index contributed by atoms with van der Waals surface area (Å²) in [7, 11) is 0. The van der Waals surface area contributed by atoms with Gasteiger partial charge in [0.1, 0.15) is 0 Å². The second-order valence-corrected chi connectivity index (χ2v) is 6.20. The Kier molecular flexibility index (Phi) is 7.73. The van der Waals surface area contributed by atoms with Gasteiger partial charge in [-0.3, -0.25) is 9.59 Å². The fourth-order valence-electron chi connectivity index (χ4n) is 2.79. The van der Waals surface area contributed by atoms with Crippen LogP contribution in [-0.2, 0) is 14.3 Å². The first-order valence-corrected chi connectivity index (χ1v) is 8.88. The molecule has 0 spiro atoms. The number of primary amides is 1. The number of ether oxygens (including phenoxy) is 1. The molecule has 1 heterocycles. The lowest BCUT2D eigenvalue weighted by atomic mass is 10.2. The average molecular weight is 362 g/mol. The van der Waals surface area contributed by atoms with Crippen molar-refractivity contribution in [3.63, 3.8) is 0 Å². The lowest BCUT2D eigenvalue weighted by Crippen LogP contribution is -2.31.